The fourth-order valence-corrected chi connectivity index (χ4v) is 2.74. The second-order valence-corrected chi connectivity index (χ2v) is 6.46. The van der Waals surface area contributed by atoms with Gasteiger partial charge in [0.15, 0.2) is 5.76 Å². The maximum Gasteiger partial charge on any atom is 0.230 e. The number of halogens is 2. The van der Waals surface area contributed by atoms with Crippen LogP contribution in [-0.2, 0) is 11.3 Å². The van der Waals surface area contributed by atoms with Crippen LogP contribution in [0.25, 0.3) is 11.5 Å². The molecule has 0 aliphatic heterocycles. The van der Waals surface area contributed by atoms with Crippen LogP contribution in [0.5, 0.6) is 0 Å². The number of carbonyl (C=O) groups excluding carboxylic acids is 1. The Bertz CT molecular complexity index is 1080. The summed E-state index contributed by atoms with van der Waals surface area (Å²) < 4.78 is 19.2. The number of pyridine rings is 2. The highest BCUT2D eigenvalue weighted by Crippen LogP contribution is 2.24. The third kappa shape index (κ3) is 5.11. The van der Waals surface area contributed by atoms with Gasteiger partial charge in [0.2, 0.25) is 12.3 Å². The maximum absolute atomic E-state index is 13.4. The van der Waals surface area contributed by atoms with Crippen molar-refractivity contribution in [2.75, 3.05) is 0 Å². The lowest BCUT2D eigenvalue weighted by atomic mass is 10.2. The van der Waals surface area contributed by atoms with Gasteiger partial charge in [-0.25, -0.2) is 14.4 Å². The zero-order chi connectivity index (χ0) is 20.8. The van der Waals surface area contributed by atoms with Gasteiger partial charge in [0.25, 0.3) is 0 Å². The molecule has 0 bridgehead atoms. The van der Waals surface area contributed by atoms with E-state index in [-0.39, 0.29) is 6.54 Å². The molecule has 0 unspecified atom stereocenters. The number of hydrazone groups is 1. The minimum atomic E-state index is -0.489. The highest BCUT2D eigenvalue weighted by Gasteiger charge is 2.17. The van der Waals surface area contributed by atoms with Crippen LogP contribution in [0.3, 0.4) is 0 Å². The van der Waals surface area contributed by atoms with E-state index in [2.05, 4.69) is 20.1 Å². The topological polar surface area (TPSA) is 84.5 Å². The van der Waals surface area contributed by atoms with E-state index in [1.165, 1.54) is 18.5 Å². The summed E-state index contributed by atoms with van der Waals surface area (Å²) in [5, 5.41) is 5.92. The van der Waals surface area contributed by atoms with Crippen LogP contribution in [-0.4, -0.2) is 32.1 Å². The van der Waals surface area contributed by atoms with E-state index in [0.717, 1.165) is 11.2 Å². The lowest BCUT2D eigenvalue weighted by molar-refractivity contribution is -0.118. The van der Waals surface area contributed by atoms with Crippen molar-refractivity contribution in [2.24, 2.45) is 5.10 Å². The average molecular weight is 414 g/mol. The van der Waals surface area contributed by atoms with E-state index in [1.807, 2.05) is 6.92 Å². The Kier molecular flexibility index (Phi) is 6.46. The summed E-state index contributed by atoms with van der Waals surface area (Å²) in [5.74, 6) is 0.232. The molecule has 3 rings (SSSR count). The van der Waals surface area contributed by atoms with Crippen LogP contribution in [0.1, 0.15) is 23.9 Å². The SMILES string of the molecule is C/C=C\C(=N/N(C=O)Cc1cncc(F)c1)c1oc(-c2cncc(Cl)c2)nc1C. The van der Waals surface area contributed by atoms with Crippen molar-refractivity contribution in [1.29, 1.82) is 0 Å². The van der Waals surface area contributed by atoms with Gasteiger partial charge >= 0.3 is 0 Å². The van der Waals surface area contributed by atoms with Crippen molar-refractivity contribution < 1.29 is 13.6 Å². The van der Waals surface area contributed by atoms with Crippen LogP contribution < -0.4 is 0 Å². The quantitative estimate of drug-likeness (QED) is 0.329. The van der Waals surface area contributed by atoms with Gasteiger partial charge in [-0.3, -0.25) is 14.8 Å². The van der Waals surface area contributed by atoms with E-state index in [1.54, 1.807) is 31.3 Å². The first-order chi connectivity index (χ1) is 14.0. The van der Waals surface area contributed by atoms with E-state index in [4.69, 9.17) is 16.0 Å². The zero-order valence-corrected chi connectivity index (χ0v) is 16.5. The van der Waals surface area contributed by atoms with Crippen molar-refractivity contribution in [2.45, 2.75) is 20.4 Å². The summed E-state index contributed by atoms with van der Waals surface area (Å²) in [6.45, 7) is 3.62. The number of carbonyl (C=O) groups is 1. The molecule has 0 N–H and O–H groups in total. The molecule has 9 heteroatoms. The number of oxazole rings is 1. The van der Waals surface area contributed by atoms with Gasteiger partial charge in [-0.05, 0) is 37.6 Å². The molecule has 0 aromatic carbocycles. The Morgan fingerprint density at radius 1 is 1.28 bits per heavy atom. The molecule has 0 radical (unpaired) electrons. The second-order valence-electron chi connectivity index (χ2n) is 6.03. The van der Waals surface area contributed by atoms with Crippen LogP contribution >= 0.6 is 11.6 Å². The van der Waals surface area contributed by atoms with Gasteiger partial charge in [0, 0.05) is 18.6 Å². The van der Waals surface area contributed by atoms with Gasteiger partial charge in [-0.15, -0.1) is 0 Å². The standard InChI is InChI=1S/C20H17ClFN5O2/c1-3-4-18(26-27(12-28)11-14-5-17(22)10-23-7-14)19-13(2)25-20(29-19)15-6-16(21)9-24-8-15/h3-10,12H,11H2,1-2H3/b4-3-,26-18+. The number of nitrogens with zero attached hydrogens (tertiary/aromatic N) is 5. The van der Waals surface area contributed by atoms with Gasteiger partial charge in [0.05, 0.1) is 29.0 Å². The Hall–Kier alpha value is -3.39. The number of rotatable bonds is 7. The van der Waals surface area contributed by atoms with Gasteiger partial charge in [-0.1, -0.05) is 17.7 Å². The summed E-state index contributed by atoms with van der Waals surface area (Å²) in [7, 11) is 0. The van der Waals surface area contributed by atoms with Gasteiger partial charge in [0.1, 0.15) is 11.5 Å². The molecule has 3 aromatic heterocycles. The highest BCUT2D eigenvalue weighted by molar-refractivity contribution is 6.30. The van der Waals surface area contributed by atoms with Crippen molar-refractivity contribution >= 4 is 23.7 Å². The molecule has 7 nitrogen and oxygen atoms in total. The summed E-state index contributed by atoms with van der Waals surface area (Å²) in [5.41, 5.74) is 2.08. The molecule has 0 aliphatic carbocycles. The van der Waals surface area contributed by atoms with Crippen LogP contribution in [0.15, 0.2) is 58.6 Å². The molecular weight excluding hydrogens is 397 g/mol. The van der Waals surface area contributed by atoms with E-state index in [0.29, 0.717) is 45.6 Å². The monoisotopic (exact) mass is 413 g/mol. The first-order valence-corrected chi connectivity index (χ1v) is 8.99. The number of allylic oxidation sites excluding steroid dienone is 2. The molecule has 0 atom stereocenters. The van der Waals surface area contributed by atoms with Crippen molar-refractivity contribution in [3.63, 3.8) is 0 Å². The Morgan fingerprint density at radius 3 is 2.76 bits per heavy atom. The summed E-state index contributed by atoms with van der Waals surface area (Å²) in [4.78, 5) is 23.7. The Morgan fingerprint density at radius 2 is 2.07 bits per heavy atom. The second kappa shape index (κ2) is 9.20. The summed E-state index contributed by atoms with van der Waals surface area (Å²) in [6, 6.07) is 2.98. The summed E-state index contributed by atoms with van der Waals surface area (Å²) >= 11 is 5.99. The predicted octanol–water partition coefficient (Wildman–Crippen LogP) is 4.17. The number of aryl methyl sites for hydroxylation is 1. The molecule has 29 heavy (non-hydrogen) atoms. The fraction of sp³-hybridized carbons (Fsp3) is 0.150. The Labute approximate surface area is 171 Å². The number of amides is 1. The van der Waals surface area contributed by atoms with E-state index >= 15 is 0 Å². The van der Waals surface area contributed by atoms with E-state index < -0.39 is 5.82 Å². The van der Waals surface area contributed by atoms with Gasteiger partial charge in [-0.2, -0.15) is 5.10 Å². The minimum Gasteiger partial charge on any atom is -0.434 e. The van der Waals surface area contributed by atoms with Crippen molar-refractivity contribution in [3.05, 3.63) is 76.9 Å². The maximum atomic E-state index is 13.4. The minimum absolute atomic E-state index is 0.0492. The summed E-state index contributed by atoms with van der Waals surface area (Å²) in [6.07, 6.45) is 9.64. The number of hydrogen-bond donors (Lipinski definition) is 0. The van der Waals surface area contributed by atoms with E-state index in [9.17, 15) is 9.18 Å². The molecule has 0 saturated heterocycles. The fourth-order valence-electron chi connectivity index (χ4n) is 2.56. The average Bonchev–Trinajstić information content (AvgIpc) is 3.08. The molecule has 148 valence electrons. The number of hydrogen-bond acceptors (Lipinski definition) is 6. The molecule has 3 aromatic rings. The van der Waals surface area contributed by atoms with Crippen molar-refractivity contribution in [3.8, 4) is 11.5 Å². The smallest absolute Gasteiger partial charge is 0.230 e. The van der Waals surface area contributed by atoms with Crippen LogP contribution in [0.4, 0.5) is 4.39 Å². The predicted molar refractivity (Wildman–Crippen MR) is 107 cm³/mol. The first-order valence-electron chi connectivity index (χ1n) is 8.61. The van der Waals surface area contributed by atoms with Gasteiger partial charge < -0.3 is 4.42 Å². The first kappa shape index (κ1) is 20.3. The van der Waals surface area contributed by atoms with Crippen LogP contribution in [0.2, 0.25) is 5.02 Å². The Balaban J connectivity index is 1.95. The molecule has 0 saturated carbocycles. The molecule has 0 aliphatic rings. The largest absolute Gasteiger partial charge is 0.434 e. The zero-order valence-electron chi connectivity index (χ0n) is 15.7. The molecule has 3 heterocycles. The lowest BCUT2D eigenvalue weighted by Gasteiger charge is -2.12. The third-order valence-corrected chi connectivity index (χ3v) is 3.98. The van der Waals surface area contributed by atoms with Crippen molar-refractivity contribution in [1.82, 2.24) is 20.0 Å². The molecule has 1 amide bonds. The molecular formula is C20H17ClFN5O2. The molecule has 0 spiro atoms. The molecule has 0 fully saturated rings. The third-order valence-electron chi connectivity index (χ3n) is 3.77. The highest BCUT2D eigenvalue weighted by atomic mass is 35.5. The normalized spacial score (nSPS) is 11.8. The lowest BCUT2D eigenvalue weighted by Crippen LogP contribution is -2.18. The van der Waals surface area contributed by atoms with Crippen LogP contribution in [0, 0.1) is 12.7 Å². The number of aromatic nitrogens is 3.